The predicted octanol–water partition coefficient (Wildman–Crippen LogP) is 2.53. The Hall–Kier alpha value is -2.00. The molecule has 0 radical (unpaired) electrons. The molecule has 0 bridgehead atoms. The molecular weight excluding hydrogens is 253 g/mol. The van der Waals surface area contributed by atoms with Crippen LogP contribution in [0.15, 0.2) is 6.20 Å². The topological polar surface area (TPSA) is 82.0 Å². The minimum atomic E-state index is -5.16. The van der Waals surface area contributed by atoms with Gasteiger partial charge in [-0.3, -0.25) is 10.1 Å². The first-order valence-corrected chi connectivity index (χ1v) is 3.94. The maximum atomic E-state index is 12.4. The lowest BCUT2D eigenvalue weighted by Gasteiger charge is -2.12. The first kappa shape index (κ1) is 13.1. The molecule has 10 heteroatoms. The van der Waals surface area contributed by atoms with Crippen molar-refractivity contribution in [2.45, 2.75) is 12.6 Å². The Morgan fingerprint density at radius 3 is 2.29 bits per heavy atom. The van der Waals surface area contributed by atoms with Gasteiger partial charge in [0, 0.05) is 0 Å². The number of nitrogen functional groups attached to an aromatic ring is 1. The van der Waals surface area contributed by atoms with Gasteiger partial charge in [-0.05, 0) is 0 Å². The normalized spacial score (nSPS) is 11.9. The largest absolute Gasteiger partial charge is 0.433 e. The SMILES string of the molecule is Nc1c([N+](=O)[O-])cnc(C(F)(F)F)c1C(F)F. The van der Waals surface area contributed by atoms with Gasteiger partial charge in [0.2, 0.25) is 0 Å². The van der Waals surface area contributed by atoms with Crippen molar-refractivity contribution in [1.82, 2.24) is 4.98 Å². The third-order valence-electron chi connectivity index (χ3n) is 1.82. The van der Waals surface area contributed by atoms with Gasteiger partial charge in [-0.1, -0.05) is 0 Å². The zero-order chi connectivity index (χ0) is 13.4. The fourth-order valence-electron chi connectivity index (χ4n) is 1.12. The van der Waals surface area contributed by atoms with Gasteiger partial charge in [0.25, 0.3) is 6.43 Å². The molecule has 0 saturated carbocycles. The predicted molar refractivity (Wildman–Crippen MR) is 45.3 cm³/mol. The summed E-state index contributed by atoms with van der Waals surface area (Å²) in [7, 11) is 0. The zero-order valence-corrected chi connectivity index (χ0v) is 7.83. The van der Waals surface area contributed by atoms with Crippen molar-refractivity contribution in [1.29, 1.82) is 0 Å². The van der Waals surface area contributed by atoms with Crippen molar-refractivity contribution in [3.8, 4) is 0 Å². The van der Waals surface area contributed by atoms with Crippen LogP contribution >= 0.6 is 0 Å². The van der Waals surface area contributed by atoms with Crippen LogP contribution in [0.2, 0.25) is 0 Å². The lowest BCUT2D eigenvalue weighted by Crippen LogP contribution is -2.15. The van der Waals surface area contributed by atoms with Gasteiger partial charge < -0.3 is 5.73 Å². The molecule has 1 heterocycles. The molecule has 17 heavy (non-hydrogen) atoms. The molecule has 0 aliphatic heterocycles. The molecule has 1 aromatic heterocycles. The standard InChI is InChI=1S/C7H4F5N3O2/c8-6(9)3-4(13)2(15(16)17)1-14-5(3)7(10,11)12/h1,6H,(H2,13,14). The summed E-state index contributed by atoms with van der Waals surface area (Å²) in [5, 5.41) is 10.3. The minimum Gasteiger partial charge on any atom is -0.393 e. The molecule has 0 amide bonds. The zero-order valence-electron chi connectivity index (χ0n) is 7.83. The van der Waals surface area contributed by atoms with Gasteiger partial charge in [0.1, 0.15) is 11.9 Å². The van der Waals surface area contributed by atoms with E-state index in [1.807, 2.05) is 0 Å². The first-order valence-electron chi connectivity index (χ1n) is 3.94. The number of pyridine rings is 1. The molecule has 0 aliphatic carbocycles. The van der Waals surface area contributed by atoms with Gasteiger partial charge in [0.05, 0.1) is 10.5 Å². The number of alkyl halides is 5. The number of halogens is 5. The molecule has 0 aromatic carbocycles. The number of aromatic nitrogens is 1. The number of rotatable bonds is 2. The van der Waals surface area contributed by atoms with E-state index in [4.69, 9.17) is 5.73 Å². The number of hydrogen-bond acceptors (Lipinski definition) is 4. The summed E-state index contributed by atoms with van der Waals surface area (Å²) in [5.74, 6) is 0. The number of nitrogens with zero attached hydrogens (tertiary/aromatic N) is 2. The Morgan fingerprint density at radius 2 is 1.94 bits per heavy atom. The van der Waals surface area contributed by atoms with E-state index in [0.29, 0.717) is 0 Å². The van der Waals surface area contributed by atoms with Crippen molar-refractivity contribution in [3.05, 3.63) is 27.6 Å². The molecule has 5 nitrogen and oxygen atoms in total. The van der Waals surface area contributed by atoms with E-state index in [-0.39, 0.29) is 6.20 Å². The van der Waals surface area contributed by atoms with Crippen LogP contribution in [0, 0.1) is 10.1 Å². The van der Waals surface area contributed by atoms with E-state index in [9.17, 15) is 32.1 Å². The monoisotopic (exact) mass is 257 g/mol. The summed E-state index contributed by atoms with van der Waals surface area (Å²) in [4.78, 5) is 11.8. The van der Waals surface area contributed by atoms with Crippen molar-refractivity contribution < 1.29 is 26.9 Å². The quantitative estimate of drug-likeness (QED) is 0.501. The highest BCUT2D eigenvalue weighted by Gasteiger charge is 2.40. The molecule has 0 aliphatic rings. The van der Waals surface area contributed by atoms with E-state index < -0.39 is 40.2 Å². The highest BCUT2D eigenvalue weighted by atomic mass is 19.4. The average molecular weight is 257 g/mol. The van der Waals surface area contributed by atoms with Gasteiger partial charge >= 0.3 is 11.9 Å². The van der Waals surface area contributed by atoms with Crippen molar-refractivity contribution >= 4 is 11.4 Å². The number of anilines is 1. The van der Waals surface area contributed by atoms with Crippen LogP contribution in [0.3, 0.4) is 0 Å². The van der Waals surface area contributed by atoms with E-state index in [0.717, 1.165) is 0 Å². The Labute approximate surface area is 90.2 Å². The maximum Gasteiger partial charge on any atom is 0.433 e. The molecule has 0 fully saturated rings. The van der Waals surface area contributed by atoms with Crippen LogP contribution in [0.5, 0.6) is 0 Å². The summed E-state index contributed by atoms with van der Waals surface area (Å²) in [6.07, 6.45) is -8.57. The van der Waals surface area contributed by atoms with E-state index in [1.165, 1.54) is 0 Å². The Balaban J connectivity index is 3.57. The number of nitrogens with two attached hydrogens (primary N) is 1. The third-order valence-corrected chi connectivity index (χ3v) is 1.82. The van der Waals surface area contributed by atoms with Crippen molar-refractivity contribution in [3.63, 3.8) is 0 Å². The first-order chi connectivity index (χ1) is 7.66. The molecule has 0 spiro atoms. The van der Waals surface area contributed by atoms with Crippen molar-refractivity contribution in [2.24, 2.45) is 0 Å². The summed E-state index contributed by atoms with van der Waals surface area (Å²) in [5.41, 5.74) is -0.993. The summed E-state index contributed by atoms with van der Waals surface area (Å²) < 4.78 is 61.7. The molecule has 1 rings (SSSR count). The second-order valence-electron chi connectivity index (χ2n) is 2.87. The Bertz CT molecular complexity index is 460. The highest BCUT2D eigenvalue weighted by molar-refractivity contribution is 5.64. The fraction of sp³-hybridized carbons (Fsp3) is 0.286. The number of hydrogen-bond donors (Lipinski definition) is 1. The number of nitro groups is 1. The van der Waals surface area contributed by atoms with Crippen molar-refractivity contribution in [2.75, 3.05) is 5.73 Å². The molecule has 2 N–H and O–H groups in total. The van der Waals surface area contributed by atoms with Crippen LogP contribution in [-0.4, -0.2) is 9.91 Å². The Kier molecular flexibility index (Phi) is 3.16. The lowest BCUT2D eigenvalue weighted by molar-refractivity contribution is -0.384. The van der Waals surface area contributed by atoms with Gasteiger partial charge in [0.15, 0.2) is 5.69 Å². The molecule has 0 atom stereocenters. The molecular formula is C7H4F5N3O2. The fourth-order valence-corrected chi connectivity index (χ4v) is 1.12. The van der Waals surface area contributed by atoms with Crippen LogP contribution < -0.4 is 5.73 Å². The molecule has 0 saturated heterocycles. The van der Waals surface area contributed by atoms with Gasteiger partial charge in [-0.2, -0.15) is 13.2 Å². The van der Waals surface area contributed by atoms with E-state index >= 15 is 0 Å². The Morgan fingerprint density at radius 1 is 1.41 bits per heavy atom. The van der Waals surface area contributed by atoms with Crippen LogP contribution in [0.1, 0.15) is 17.7 Å². The highest BCUT2D eigenvalue weighted by Crippen LogP contribution is 2.40. The minimum absolute atomic E-state index is 0.198. The summed E-state index contributed by atoms with van der Waals surface area (Å²) in [6.45, 7) is 0. The second kappa shape index (κ2) is 4.11. The summed E-state index contributed by atoms with van der Waals surface area (Å²) in [6, 6.07) is 0. The average Bonchev–Trinajstić information content (AvgIpc) is 2.14. The van der Waals surface area contributed by atoms with Crippen LogP contribution in [0.25, 0.3) is 0 Å². The lowest BCUT2D eigenvalue weighted by atomic mass is 10.1. The molecule has 1 aromatic rings. The molecule has 94 valence electrons. The van der Waals surface area contributed by atoms with E-state index in [2.05, 4.69) is 4.98 Å². The molecule has 0 unspecified atom stereocenters. The second-order valence-corrected chi connectivity index (χ2v) is 2.87. The van der Waals surface area contributed by atoms with Crippen LogP contribution in [-0.2, 0) is 6.18 Å². The summed E-state index contributed by atoms with van der Waals surface area (Å²) >= 11 is 0. The third kappa shape index (κ3) is 2.40. The van der Waals surface area contributed by atoms with E-state index in [1.54, 1.807) is 0 Å². The smallest absolute Gasteiger partial charge is 0.393 e. The van der Waals surface area contributed by atoms with Gasteiger partial charge in [-0.25, -0.2) is 13.8 Å². The van der Waals surface area contributed by atoms with Gasteiger partial charge in [-0.15, -0.1) is 0 Å². The van der Waals surface area contributed by atoms with Crippen LogP contribution in [0.4, 0.5) is 33.3 Å². The maximum absolute atomic E-state index is 12.4.